The van der Waals surface area contributed by atoms with Crippen molar-refractivity contribution >= 4 is 16.0 Å². The van der Waals surface area contributed by atoms with Crippen LogP contribution in [0.15, 0.2) is 60.8 Å². The van der Waals surface area contributed by atoms with Crippen LogP contribution in [0.3, 0.4) is 0 Å². The fourth-order valence-electron chi connectivity index (χ4n) is 5.02. The van der Waals surface area contributed by atoms with Crippen molar-refractivity contribution in [2.75, 3.05) is 25.5 Å². The number of nitrogens with zero attached hydrogens (tertiary/aromatic N) is 3. The molecule has 1 fully saturated rings. The Kier molecular flexibility index (Phi) is 5.02. The lowest BCUT2D eigenvalue weighted by Crippen LogP contribution is -2.47. The number of hydrogen-bond acceptors (Lipinski definition) is 5. The first kappa shape index (κ1) is 20.2. The third-order valence-electron chi connectivity index (χ3n) is 6.64. The van der Waals surface area contributed by atoms with Crippen molar-refractivity contribution in [3.63, 3.8) is 0 Å². The van der Waals surface area contributed by atoms with Crippen LogP contribution in [-0.4, -0.2) is 42.8 Å². The largest absolute Gasteiger partial charge is 0.357 e. The second-order valence-electron chi connectivity index (χ2n) is 8.46. The number of hydrogen-bond donors (Lipinski definition) is 1. The highest BCUT2D eigenvalue weighted by molar-refractivity contribution is 7.88. The Bertz CT molecular complexity index is 1200. The highest BCUT2D eigenvalue weighted by atomic mass is 32.2. The topological polar surface area (TPSA) is 75.2 Å². The molecule has 7 heteroatoms. The fraction of sp³-hybridized carbons (Fsp3) is 0.333. The van der Waals surface area contributed by atoms with Crippen LogP contribution in [0.1, 0.15) is 29.5 Å². The summed E-state index contributed by atoms with van der Waals surface area (Å²) in [5.41, 5.74) is 5.30. The molecule has 0 bridgehead atoms. The maximum absolute atomic E-state index is 13.0. The smallest absolute Gasteiger partial charge is 0.222 e. The van der Waals surface area contributed by atoms with Gasteiger partial charge in [-0.15, -0.1) is 0 Å². The summed E-state index contributed by atoms with van der Waals surface area (Å²) in [7, 11) is -1.52. The number of fused-ring (bicyclic) bond motifs is 4. The highest BCUT2D eigenvalue weighted by Crippen LogP contribution is 2.48. The Balaban J connectivity index is 1.42. The third-order valence-corrected chi connectivity index (χ3v) is 8.49. The minimum atomic E-state index is -3.34. The van der Waals surface area contributed by atoms with E-state index in [1.165, 1.54) is 5.56 Å². The predicted octanol–water partition coefficient (Wildman–Crippen LogP) is 3.61. The van der Waals surface area contributed by atoms with Gasteiger partial charge >= 0.3 is 0 Å². The van der Waals surface area contributed by atoms with Gasteiger partial charge in [-0.3, -0.25) is 0 Å². The first-order valence-corrected chi connectivity index (χ1v) is 12.3. The van der Waals surface area contributed by atoms with E-state index in [9.17, 15) is 8.42 Å². The minimum absolute atomic E-state index is 0.0564. The minimum Gasteiger partial charge on any atom is -0.357 e. The van der Waals surface area contributed by atoms with Gasteiger partial charge < -0.3 is 5.32 Å². The van der Waals surface area contributed by atoms with Crippen molar-refractivity contribution in [1.82, 2.24) is 14.3 Å². The number of benzene rings is 2. The molecular weight excluding hydrogens is 408 g/mol. The first-order valence-electron chi connectivity index (χ1n) is 10.7. The van der Waals surface area contributed by atoms with E-state index in [1.807, 2.05) is 49.6 Å². The molecule has 2 aliphatic rings. The van der Waals surface area contributed by atoms with E-state index >= 15 is 0 Å². The Morgan fingerprint density at radius 1 is 1.03 bits per heavy atom. The molecule has 0 radical (unpaired) electrons. The van der Waals surface area contributed by atoms with Gasteiger partial charge in [0.15, 0.2) is 0 Å². The molecule has 5 rings (SSSR count). The van der Waals surface area contributed by atoms with Crippen LogP contribution >= 0.6 is 0 Å². The number of piperidine rings is 1. The van der Waals surface area contributed by atoms with Gasteiger partial charge in [-0.25, -0.2) is 22.7 Å². The lowest BCUT2D eigenvalue weighted by molar-refractivity contribution is 0.229. The molecule has 3 aromatic rings. The van der Waals surface area contributed by atoms with Gasteiger partial charge in [0.25, 0.3) is 0 Å². The fourth-order valence-corrected chi connectivity index (χ4v) is 6.55. The molecule has 0 amide bonds. The van der Waals surface area contributed by atoms with E-state index in [0.717, 1.165) is 41.6 Å². The molecule has 1 aromatic heterocycles. The Morgan fingerprint density at radius 3 is 2.48 bits per heavy atom. The third kappa shape index (κ3) is 3.62. The quantitative estimate of drug-likeness (QED) is 0.679. The molecule has 31 heavy (non-hydrogen) atoms. The van der Waals surface area contributed by atoms with E-state index in [1.54, 1.807) is 4.31 Å². The molecule has 6 nitrogen and oxygen atoms in total. The molecule has 1 aliphatic carbocycles. The molecule has 2 heterocycles. The van der Waals surface area contributed by atoms with E-state index in [-0.39, 0.29) is 11.2 Å². The van der Waals surface area contributed by atoms with Crippen molar-refractivity contribution in [2.45, 2.75) is 30.4 Å². The standard InChI is InChI=1S/C24H26N4O2S/c1-25-23-26-16-19-15-24(21-10-6-5-9-20(21)22(19)27-23)11-13-28(14-12-24)31(29,30)17-18-7-3-2-4-8-18/h2-10,16H,11-15,17H2,1H3,(H,25,26,27). The first-order chi connectivity index (χ1) is 15.0. The number of sulfonamides is 1. The van der Waals surface area contributed by atoms with Gasteiger partial charge in [-0.1, -0.05) is 54.6 Å². The zero-order valence-electron chi connectivity index (χ0n) is 17.6. The van der Waals surface area contributed by atoms with Gasteiger partial charge in [-0.2, -0.15) is 0 Å². The van der Waals surface area contributed by atoms with Crippen LogP contribution < -0.4 is 5.32 Å². The van der Waals surface area contributed by atoms with Crippen LogP contribution in [0.5, 0.6) is 0 Å². The summed E-state index contributed by atoms with van der Waals surface area (Å²) in [6, 6.07) is 17.8. The summed E-state index contributed by atoms with van der Waals surface area (Å²) in [4.78, 5) is 9.16. The number of aromatic nitrogens is 2. The van der Waals surface area contributed by atoms with Gasteiger partial charge in [0.1, 0.15) is 0 Å². The van der Waals surface area contributed by atoms with Gasteiger partial charge in [0.2, 0.25) is 16.0 Å². The maximum atomic E-state index is 13.0. The predicted molar refractivity (Wildman–Crippen MR) is 122 cm³/mol. The number of rotatable bonds is 4. The monoisotopic (exact) mass is 434 g/mol. The molecule has 1 spiro atoms. The van der Waals surface area contributed by atoms with Gasteiger partial charge in [0, 0.05) is 37.3 Å². The van der Waals surface area contributed by atoms with Crippen molar-refractivity contribution < 1.29 is 8.42 Å². The Morgan fingerprint density at radius 2 is 1.74 bits per heavy atom. The molecule has 2 aromatic carbocycles. The maximum Gasteiger partial charge on any atom is 0.222 e. The molecule has 1 N–H and O–H groups in total. The molecule has 1 saturated heterocycles. The van der Waals surface area contributed by atoms with Crippen molar-refractivity contribution in [2.24, 2.45) is 0 Å². The van der Waals surface area contributed by atoms with E-state index in [2.05, 4.69) is 28.5 Å². The second kappa shape index (κ2) is 7.73. The summed E-state index contributed by atoms with van der Waals surface area (Å²) in [5, 5.41) is 3.03. The van der Waals surface area contributed by atoms with Gasteiger partial charge in [-0.05, 0) is 36.0 Å². The van der Waals surface area contributed by atoms with E-state index < -0.39 is 10.0 Å². The molecule has 1 aliphatic heterocycles. The normalized spacial score (nSPS) is 17.7. The number of anilines is 1. The van der Waals surface area contributed by atoms with Crippen LogP contribution in [0.25, 0.3) is 11.3 Å². The van der Waals surface area contributed by atoms with Gasteiger partial charge in [0.05, 0.1) is 11.4 Å². The van der Waals surface area contributed by atoms with Crippen LogP contribution in [0.2, 0.25) is 0 Å². The summed E-state index contributed by atoms with van der Waals surface area (Å²) < 4.78 is 27.8. The van der Waals surface area contributed by atoms with Crippen molar-refractivity contribution in [3.8, 4) is 11.3 Å². The molecular formula is C24H26N4O2S. The van der Waals surface area contributed by atoms with E-state index in [0.29, 0.717) is 19.0 Å². The van der Waals surface area contributed by atoms with Crippen molar-refractivity contribution in [1.29, 1.82) is 0 Å². The average molecular weight is 435 g/mol. The molecule has 0 saturated carbocycles. The van der Waals surface area contributed by atoms with Crippen LogP contribution in [0, 0.1) is 0 Å². The highest BCUT2D eigenvalue weighted by Gasteiger charge is 2.43. The SMILES string of the molecule is CNc1ncc2c(n1)-c1ccccc1C1(CCN(S(=O)(=O)Cc3ccccc3)CC1)C2. The second-order valence-corrected chi connectivity index (χ2v) is 10.4. The molecule has 160 valence electrons. The van der Waals surface area contributed by atoms with Crippen LogP contribution in [0.4, 0.5) is 5.95 Å². The molecule has 0 atom stereocenters. The summed E-state index contributed by atoms with van der Waals surface area (Å²) in [6.45, 7) is 1.07. The zero-order valence-corrected chi connectivity index (χ0v) is 18.4. The van der Waals surface area contributed by atoms with E-state index in [4.69, 9.17) is 4.98 Å². The molecule has 0 unspecified atom stereocenters. The Hall–Kier alpha value is -2.77. The lowest BCUT2D eigenvalue weighted by Gasteiger charge is -2.45. The lowest BCUT2D eigenvalue weighted by atomic mass is 9.64. The van der Waals surface area contributed by atoms with Crippen molar-refractivity contribution in [3.05, 3.63) is 77.5 Å². The summed E-state index contributed by atoms with van der Waals surface area (Å²) in [5.74, 6) is 0.673. The summed E-state index contributed by atoms with van der Waals surface area (Å²) in [6.07, 6.45) is 4.36. The summed E-state index contributed by atoms with van der Waals surface area (Å²) >= 11 is 0. The average Bonchev–Trinajstić information content (AvgIpc) is 2.80. The van der Waals surface area contributed by atoms with Crippen LogP contribution in [-0.2, 0) is 27.6 Å². The zero-order chi connectivity index (χ0) is 21.5. The Labute approximate surface area is 183 Å². The number of nitrogens with one attached hydrogen (secondary N) is 1.